The normalized spacial score (nSPS) is 14.1. The molecule has 0 aliphatic heterocycles. The molecule has 0 aliphatic rings. The molecule has 0 spiro atoms. The van der Waals surface area contributed by atoms with E-state index in [1.165, 1.54) is 0 Å². The van der Waals surface area contributed by atoms with Crippen molar-refractivity contribution in [2.45, 2.75) is 39.5 Å². The Hall–Kier alpha value is -0.130. The lowest BCUT2D eigenvalue weighted by atomic mass is 10.00. The summed E-state index contributed by atoms with van der Waals surface area (Å²) in [6, 6.07) is 0. The van der Waals surface area contributed by atoms with E-state index in [1.54, 1.807) is 0 Å². The fourth-order valence-electron chi connectivity index (χ4n) is 1.38. The van der Waals surface area contributed by atoms with E-state index in [-0.39, 0.29) is 12.4 Å². The maximum Gasteiger partial charge on any atom is 0.213 e. The molecule has 0 aliphatic carbocycles. The van der Waals surface area contributed by atoms with Crippen molar-refractivity contribution in [1.82, 2.24) is 4.72 Å². The maximum absolute atomic E-state index is 11.3. The second kappa shape index (κ2) is 8.07. The zero-order valence-corrected chi connectivity index (χ0v) is 10.5. The van der Waals surface area contributed by atoms with Crippen molar-refractivity contribution in [2.24, 2.45) is 5.92 Å². The van der Waals surface area contributed by atoms with Crippen LogP contribution in [-0.2, 0) is 10.0 Å². The molecular formula is C10H23NO3S. The van der Waals surface area contributed by atoms with Gasteiger partial charge in [-0.3, -0.25) is 0 Å². The van der Waals surface area contributed by atoms with Crippen molar-refractivity contribution in [1.29, 1.82) is 0 Å². The fraction of sp³-hybridized carbons (Fsp3) is 1.00. The van der Waals surface area contributed by atoms with Gasteiger partial charge in [-0.2, -0.15) is 0 Å². The molecule has 1 unspecified atom stereocenters. The van der Waals surface area contributed by atoms with Crippen LogP contribution in [0.5, 0.6) is 0 Å². The monoisotopic (exact) mass is 237 g/mol. The Kier molecular flexibility index (Phi) is 8.00. The highest BCUT2D eigenvalue weighted by Crippen LogP contribution is 2.11. The Morgan fingerprint density at radius 2 is 2.00 bits per heavy atom. The Labute approximate surface area is 93.1 Å². The molecule has 0 saturated heterocycles. The molecule has 0 fully saturated rings. The molecule has 0 bridgehead atoms. The van der Waals surface area contributed by atoms with E-state index >= 15 is 0 Å². The summed E-state index contributed by atoms with van der Waals surface area (Å²) in [5, 5.41) is 8.55. The molecule has 0 amide bonds. The third-order valence-corrected chi connectivity index (χ3v) is 3.82. The Morgan fingerprint density at radius 3 is 2.47 bits per heavy atom. The summed E-state index contributed by atoms with van der Waals surface area (Å²) < 4.78 is 25.0. The maximum atomic E-state index is 11.3. The van der Waals surface area contributed by atoms with Gasteiger partial charge in [0.2, 0.25) is 10.0 Å². The molecule has 4 nitrogen and oxygen atoms in total. The Balaban J connectivity index is 3.89. The van der Waals surface area contributed by atoms with E-state index in [9.17, 15) is 8.42 Å². The van der Waals surface area contributed by atoms with Crippen LogP contribution in [0.25, 0.3) is 0 Å². The predicted molar refractivity (Wildman–Crippen MR) is 62.2 cm³/mol. The van der Waals surface area contributed by atoms with Crippen LogP contribution in [-0.4, -0.2) is 32.4 Å². The van der Waals surface area contributed by atoms with Crippen molar-refractivity contribution in [3.63, 3.8) is 0 Å². The number of unbranched alkanes of at least 4 members (excludes halogenated alkanes) is 1. The zero-order valence-electron chi connectivity index (χ0n) is 9.70. The first-order chi connectivity index (χ1) is 7.05. The summed E-state index contributed by atoms with van der Waals surface area (Å²) in [6.07, 6.45) is 4.33. The van der Waals surface area contributed by atoms with E-state index in [2.05, 4.69) is 18.6 Å². The van der Waals surface area contributed by atoms with Gasteiger partial charge in [-0.1, -0.05) is 33.1 Å². The topological polar surface area (TPSA) is 66.4 Å². The van der Waals surface area contributed by atoms with Gasteiger partial charge in [0.05, 0.1) is 12.4 Å². The molecule has 0 rings (SSSR count). The minimum atomic E-state index is -3.26. The summed E-state index contributed by atoms with van der Waals surface area (Å²) >= 11 is 0. The molecule has 2 N–H and O–H groups in total. The predicted octanol–water partition coefficient (Wildman–Crippen LogP) is 1.11. The highest BCUT2D eigenvalue weighted by atomic mass is 32.2. The van der Waals surface area contributed by atoms with E-state index < -0.39 is 10.0 Å². The standard InChI is InChI=1S/C10H23NO3S/c1-3-5-6-10(4-2)9-11-15(13,14)8-7-12/h10-12H,3-9H2,1-2H3. The van der Waals surface area contributed by atoms with Crippen LogP contribution < -0.4 is 4.72 Å². The van der Waals surface area contributed by atoms with Gasteiger partial charge < -0.3 is 5.11 Å². The summed E-state index contributed by atoms with van der Waals surface area (Å²) in [5.41, 5.74) is 0. The number of sulfonamides is 1. The van der Waals surface area contributed by atoms with E-state index in [1.807, 2.05) is 0 Å². The van der Waals surface area contributed by atoms with Crippen molar-refractivity contribution < 1.29 is 13.5 Å². The largest absolute Gasteiger partial charge is 0.395 e. The molecule has 0 aromatic heterocycles. The number of nitrogens with one attached hydrogen (secondary N) is 1. The van der Waals surface area contributed by atoms with Crippen LogP contribution in [0.3, 0.4) is 0 Å². The minimum Gasteiger partial charge on any atom is -0.395 e. The van der Waals surface area contributed by atoms with E-state index in [0.717, 1.165) is 25.7 Å². The number of aliphatic hydroxyl groups excluding tert-OH is 1. The highest BCUT2D eigenvalue weighted by Gasteiger charge is 2.12. The van der Waals surface area contributed by atoms with Crippen LogP contribution in [0.1, 0.15) is 39.5 Å². The molecule has 0 radical (unpaired) electrons. The van der Waals surface area contributed by atoms with E-state index in [4.69, 9.17) is 5.11 Å². The summed E-state index contributed by atoms with van der Waals surface area (Å²) in [5.74, 6) is 0.218. The third kappa shape index (κ3) is 7.76. The molecule has 92 valence electrons. The van der Waals surface area contributed by atoms with E-state index in [0.29, 0.717) is 12.5 Å². The Bertz CT molecular complexity index is 239. The van der Waals surface area contributed by atoms with Gasteiger partial charge in [-0.05, 0) is 12.3 Å². The first kappa shape index (κ1) is 14.9. The van der Waals surface area contributed by atoms with Gasteiger partial charge in [0.1, 0.15) is 0 Å². The van der Waals surface area contributed by atoms with Gasteiger partial charge in [0.25, 0.3) is 0 Å². The molecule has 5 heteroatoms. The Morgan fingerprint density at radius 1 is 1.33 bits per heavy atom. The molecule has 0 heterocycles. The number of rotatable bonds is 9. The minimum absolute atomic E-state index is 0.197. The lowest BCUT2D eigenvalue weighted by molar-refractivity contribution is 0.318. The average molecular weight is 237 g/mol. The summed E-state index contributed by atoms with van der Waals surface area (Å²) in [4.78, 5) is 0. The summed E-state index contributed by atoms with van der Waals surface area (Å²) in [7, 11) is -3.26. The second-order valence-electron chi connectivity index (χ2n) is 3.81. The van der Waals surface area contributed by atoms with Crippen LogP contribution in [0.4, 0.5) is 0 Å². The van der Waals surface area contributed by atoms with Crippen LogP contribution in [0.2, 0.25) is 0 Å². The molecule has 0 aromatic rings. The molecular weight excluding hydrogens is 214 g/mol. The first-order valence-corrected chi connectivity index (χ1v) is 7.29. The SMILES string of the molecule is CCCCC(CC)CNS(=O)(=O)CCO. The van der Waals surface area contributed by atoms with Gasteiger partial charge in [-0.25, -0.2) is 13.1 Å². The van der Waals surface area contributed by atoms with Crippen LogP contribution in [0.15, 0.2) is 0 Å². The van der Waals surface area contributed by atoms with Crippen molar-refractivity contribution in [3.8, 4) is 0 Å². The molecule has 0 saturated carbocycles. The summed E-state index contributed by atoms with van der Waals surface area (Å²) in [6.45, 7) is 4.38. The van der Waals surface area contributed by atoms with Crippen LogP contribution in [0, 0.1) is 5.92 Å². The average Bonchev–Trinajstić information content (AvgIpc) is 2.18. The number of hydrogen-bond donors (Lipinski definition) is 2. The van der Waals surface area contributed by atoms with Crippen LogP contribution >= 0.6 is 0 Å². The third-order valence-electron chi connectivity index (χ3n) is 2.50. The number of aliphatic hydroxyl groups is 1. The van der Waals surface area contributed by atoms with Gasteiger partial charge >= 0.3 is 0 Å². The lowest BCUT2D eigenvalue weighted by Crippen LogP contribution is -2.32. The lowest BCUT2D eigenvalue weighted by Gasteiger charge is -2.14. The molecule has 15 heavy (non-hydrogen) atoms. The highest BCUT2D eigenvalue weighted by molar-refractivity contribution is 7.89. The van der Waals surface area contributed by atoms with Gasteiger partial charge in [0.15, 0.2) is 0 Å². The van der Waals surface area contributed by atoms with Crippen molar-refractivity contribution >= 4 is 10.0 Å². The first-order valence-electron chi connectivity index (χ1n) is 5.63. The quantitative estimate of drug-likeness (QED) is 0.631. The molecule has 1 atom stereocenters. The molecule has 0 aromatic carbocycles. The zero-order chi connectivity index (χ0) is 11.7. The fourth-order valence-corrected chi connectivity index (χ4v) is 2.25. The second-order valence-corrected chi connectivity index (χ2v) is 5.73. The van der Waals surface area contributed by atoms with Crippen molar-refractivity contribution in [2.75, 3.05) is 18.9 Å². The van der Waals surface area contributed by atoms with Crippen molar-refractivity contribution in [3.05, 3.63) is 0 Å². The smallest absolute Gasteiger partial charge is 0.213 e. The van der Waals surface area contributed by atoms with Gasteiger partial charge in [0, 0.05) is 6.54 Å². The van der Waals surface area contributed by atoms with Gasteiger partial charge in [-0.15, -0.1) is 0 Å². The number of hydrogen-bond acceptors (Lipinski definition) is 3.